The Morgan fingerprint density at radius 3 is 2.57 bits per heavy atom. The Bertz CT molecular complexity index is 508. The molecule has 1 heterocycles. The highest BCUT2D eigenvalue weighted by molar-refractivity contribution is 7.99. The van der Waals surface area contributed by atoms with E-state index in [1.807, 2.05) is 36.0 Å². The van der Waals surface area contributed by atoms with Crippen molar-refractivity contribution in [1.29, 1.82) is 0 Å². The van der Waals surface area contributed by atoms with Gasteiger partial charge in [-0.15, -0.1) is 0 Å². The van der Waals surface area contributed by atoms with E-state index in [9.17, 15) is 4.79 Å². The fourth-order valence-electron chi connectivity index (χ4n) is 2.59. The van der Waals surface area contributed by atoms with Gasteiger partial charge in [0.05, 0.1) is 0 Å². The minimum absolute atomic E-state index is 0.0533. The highest BCUT2D eigenvalue weighted by atomic mass is 32.2. The Labute approximate surface area is 131 Å². The molecule has 4 heteroatoms. The van der Waals surface area contributed by atoms with E-state index in [1.165, 1.54) is 12.2 Å². The summed E-state index contributed by atoms with van der Waals surface area (Å²) in [4.78, 5) is 12.0. The third kappa shape index (κ3) is 3.73. The number of carbonyl (C=O) groups is 1. The number of hydrogen-bond donors (Lipinski definition) is 2. The third-order valence-corrected chi connectivity index (χ3v) is 5.58. The first-order valence-electron chi connectivity index (χ1n) is 7.80. The summed E-state index contributed by atoms with van der Waals surface area (Å²) in [6.07, 6.45) is 3.50. The Hall–Kier alpha value is -1.16. The van der Waals surface area contributed by atoms with Crippen LogP contribution in [0.15, 0.2) is 24.3 Å². The van der Waals surface area contributed by atoms with Gasteiger partial charge in [0, 0.05) is 29.1 Å². The normalized spacial score (nSPS) is 24.4. The molecule has 2 aliphatic rings. The summed E-state index contributed by atoms with van der Waals surface area (Å²) in [5.41, 5.74) is 2.19. The number of anilines is 1. The molecule has 0 radical (unpaired) electrons. The van der Waals surface area contributed by atoms with Gasteiger partial charge < -0.3 is 10.6 Å². The van der Waals surface area contributed by atoms with Gasteiger partial charge in [-0.2, -0.15) is 11.8 Å². The summed E-state index contributed by atoms with van der Waals surface area (Å²) in [6.45, 7) is 4.67. The van der Waals surface area contributed by atoms with Crippen molar-refractivity contribution in [2.45, 2.75) is 45.2 Å². The first-order valence-corrected chi connectivity index (χ1v) is 8.95. The van der Waals surface area contributed by atoms with E-state index in [4.69, 9.17) is 0 Å². The molecule has 2 N–H and O–H groups in total. The zero-order valence-electron chi connectivity index (χ0n) is 12.8. The minimum Gasteiger partial charge on any atom is -0.381 e. The maximum Gasteiger partial charge on any atom is 0.251 e. The summed E-state index contributed by atoms with van der Waals surface area (Å²) >= 11 is 2.02. The van der Waals surface area contributed by atoms with Crippen LogP contribution in [0.25, 0.3) is 0 Å². The second-order valence-electron chi connectivity index (χ2n) is 6.84. The lowest BCUT2D eigenvalue weighted by atomic mass is 9.82. The zero-order chi connectivity index (χ0) is 14.9. The average molecular weight is 304 g/mol. The molecule has 1 saturated carbocycles. The van der Waals surface area contributed by atoms with E-state index in [2.05, 4.69) is 24.5 Å². The molecule has 1 aromatic rings. The maximum atomic E-state index is 12.0. The summed E-state index contributed by atoms with van der Waals surface area (Å²) in [7, 11) is 0. The quantitative estimate of drug-likeness (QED) is 0.894. The predicted octanol–water partition coefficient (Wildman–Crippen LogP) is 3.52. The number of nitrogens with one attached hydrogen (secondary N) is 2. The lowest BCUT2D eigenvalue weighted by Gasteiger charge is -2.39. The number of thioether (sulfide) groups is 1. The van der Waals surface area contributed by atoms with Crippen LogP contribution in [0, 0.1) is 5.41 Å². The van der Waals surface area contributed by atoms with Gasteiger partial charge >= 0.3 is 0 Å². The molecule has 1 aliphatic carbocycles. The minimum atomic E-state index is 0.0533. The standard InChI is InChI=1S/C17H24N2OS/c1-17(2)9-10-21-11-15(17)18-13-5-3-12(4-6-13)16(20)19-14-7-8-14/h3-6,14-15,18H,7-11H2,1-2H3,(H,19,20). The number of carbonyl (C=O) groups excluding carboxylic acids is 1. The van der Waals surface area contributed by atoms with Crippen molar-refractivity contribution in [1.82, 2.24) is 5.32 Å². The van der Waals surface area contributed by atoms with E-state index >= 15 is 0 Å². The smallest absolute Gasteiger partial charge is 0.251 e. The second kappa shape index (κ2) is 5.91. The first-order chi connectivity index (χ1) is 10.0. The maximum absolute atomic E-state index is 12.0. The van der Waals surface area contributed by atoms with Crippen LogP contribution in [-0.4, -0.2) is 29.5 Å². The van der Waals surface area contributed by atoms with E-state index in [1.54, 1.807) is 0 Å². The molecule has 1 aliphatic heterocycles. The lowest BCUT2D eigenvalue weighted by molar-refractivity contribution is 0.0951. The largest absolute Gasteiger partial charge is 0.381 e. The number of hydrogen-bond acceptors (Lipinski definition) is 3. The molecule has 1 aromatic carbocycles. The SMILES string of the molecule is CC1(C)CCSCC1Nc1ccc(C(=O)NC2CC2)cc1. The summed E-state index contributed by atoms with van der Waals surface area (Å²) < 4.78 is 0. The van der Waals surface area contributed by atoms with Gasteiger partial charge in [-0.25, -0.2) is 0 Å². The molecule has 114 valence electrons. The van der Waals surface area contributed by atoms with Gasteiger partial charge in [0.25, 0.3) is 5.91 Å². The van der Waals surface area contributed by atoms with Gasteiger partial charge in [0.1, 0.15) is 0 Å². The van der Waals surface area contributed by atoms with Crippen molar-refractivity contribution in [3.8, 4) is 0 Å². The molecule has 0 spiro atoms. The van der Waals surface area contributed by atoms with E-state index in [0.717, 1.165) is 29.8 Å². The van der Waals surface area contributed by atoms with Crippen LogP contribution < -0.4 is 10.6 Å². The van der Waals surface area contributed by atoms with Gasteiger partial charge in [0.15, 0.2) is 0 Å². The van der Waals surface area contributed by atoms with Crippen molar-refractivity contribution in [3.05, 3.63) is 29.8 Å². The molecule has 3 nitrogen and oxygen atoms in total. The fraction of sp³-hybridized carbons (Fsp3) is 0.588. The molecule has 1 saturated heterocycles. The van der Waals surface area contributed by atoms with Gasteiger partial charge in [-0.1, -0.05) is 13.8 Å². The highest BCUT2D eigenvalue weighted by Gasteiger charge is 2.32. The van der Waals surface area contributed by atoms with Crippen LogP contribution >= 0.6 is 11.8 Å². The molecular weight excluding hydrogens is 280 g/mol. The van der Waals surface area contributed by atoms with Crippen molar-refractivity contribution in [2.75, 3.05) is 16.8 Å². The van der Waals surface area contributed by atoms with E-state index in [0.29, 0.717) is 17.5 Å². The molecule has 0 bridgehead atoms. The molecule has 3 rings (SSSR count). The topological polar surface area (TPSA) is 41.1 Å². The summed E-state index contributed by atoms with van der Waals surface area (Å²) in [5, 5.41) is 6.66. The number of rotatable bonds is 4. The average Bonchev–Trinajstić information content (AvgIpc) is 3.26. The van der Waals surface area contributed by atoms with Crippen LogP contribution in [0.5, 0.6) is 0 Å². The molecule has 21 heavy (non-hydrogen) atoms. The van der Waals surface area contributed by atoms with Crippen molar-refractivity contribution in [3.63, 3.8) is 0 Å². The third-order valence-electron chi connectivity index (χ3n) is 4.52. The first kappa shape index (κ1) is 14.8. The zero-order valence-corrected chi connectivity index (χ0v) is 13.6. The molecule has 1 atom stereocenters. The Morgan fingerprint density at radius 1 is 1.24 bits per heavy atom. The summed E-state index contributed by atoms with van der Waals surface area (Å²) in [5.74, 6) is 2.46. The summed E-state index contributed by atoms with van der Waals surface area (Å²) in [6, 6.07) is 8.79. The van der Waals surface area contributed by atoms with Crippen molar-refractivity contribution in [2.24, 2.45) is 5.41 Å². The van der Waals surface area contributed by atoms with Gasteiger partial charge in [0.2, 0.25) is 0 Å². The van der Waals surface area contributed by atoms with Crippen molar-refractivity contribution >= 4 is 23.4 Å². The van der Waals surface area contributed by atoms with Crippen LogP contribution in [-0.2, 0) is 0 Å². The van der Waals surface area contributed by atoms with Crippen LogP contribution in [0.2, 0.25) is 0 Å². The Morgan fingerprint density at radius 2 is 1.95 bits per heavy atom. The molecule has 1 amide bonds. The number of benzene rings is 1. The van der Waals surface area contributed by atoms with E-state index < -0.39 is 0 Å². The van der Waals surface area contributed by atoms with Crippen LogP contribution in [0.4, 0.5) is 5.69 Å². The van der Waals surface area contributed by atoms with Gasteiger partial charge in [-0.3, -0.25) is 4.79 Å². The van der Waals surface area contributed by atoms with Crippen LogP contribution in [0.1, 0.15) is 43.5 Å². The lowest BCUT2D eigenvalue weighted by Crippen LogP contribution is -2.41. The highest BCUT2D eigenvalue weighted by Crippen LogP contribution is 2.36. The van der Waals surface area contributed by atoms with Gasteiger partial charge in [-0.05, 0) is 54.7 Å². The Kier molecular flexibility index (Phi) is 4.16. The monoisotopic (exact) mass is 304 g/mol. The predicted molar refractivity (Wildman–Crippen MR) is 90.1 cm³/mol. The Balaban J connectivity index is 1.62. The van der Waals surface area contributed by atoms with Crippen LogP contribution in [0.3, 0.4) is 0 Å². The molecule has 1 unspecified atom stereocenters. The molecule has 0 aromatic heterocycles. The molecular formula is C17H24N2OS. The molecule has 2 fully saturated rings. The second-order valence-corrected chi connectivity index (χ2v) is 7.99. The van der Waals surface area contributed by atoms with Crippen molar-refractivity contribution < 1.29 is 4.79 Å². The van der Waals surface area contributed by atoms with E-state index in [-0.39, 0.29) is 5.91 Å². The fourth-order valence-corrected chi connectivity index (χ4v) is 4.20. The number of amides is 1.